The molecule has 1 aliphatic heterocycles. The van der Waals surface area contributed by atoms with Gasteiger partial charge in [0.15, 0.2) is 0 Å². The number of nitrogens with zero attached hydrogens (tertiary/aromatic N) is 1. The molecule has 1 aromatic rings. The Balaban J connectivity index is 2.18. The van der Waals surface area contributed by atoms with Crippen molar-refractivity contribution in [2.75, 3.05) is 18.0 Å². The maximum absolute atomic E-state index is 13.6. The predicted octanol–water partition coefficient (Wildman–Crippen LogP) is 1.45. The minimum atomic E-state index is -0.926. The van der Waals surface area contributed by atoms with Gasteiger partial charge in [-0.15, -0.1) is 0 Å². The molecular weight excluding hydrogens is 239 g/mol. The normalized spacial score (nSPS) is 19.5. The molecule has 0 saturated carbocycles. The molecular formula is C12H13FN2O3. The average molecular weight is 252 g/mol. The molecule has 1 aromatic carbocycles. The van der Waals surface area contributed by atoms with Crippen LogP contribution in [0.5, 0.6) is 0 Å². The highest BCUT2D eigenvalue weighted by Gasteiger charge is 2.29. The molecule has 1 saturated heterocycles. The monoisotopic (exact) mass is 252 g/mol. The lowest BCUT2D eigenvalue weighted by Gasteiger charge is -2.32. The van der Waals surface area contributed by atoms with Gasteiger partial charge < -0.3 is 10.4 Å². The van der Waals surface area contributed by atoms with Gasteiger partial charge in [0.1, 0.15) is 5.82 Å². The third-order valence-corrected chi connectivity index (χ3v) is 2.83. The van der Waals surface area contributed by atoms with Gasteiger partial charge in [0.05, 0.1) is 12.1 Å². The molecule has 18 heavy (non-hydrogen) atoms. The second kappa shape index (κ2) is 5.03. The number of carboxylic acid groups (broad SMARTS) is 1. The summed E-state index contributed by atoms with van der Waals surface area (Å²) in [7, 11) is 0. The Hall–Kier alpha value is -2.11. The summed E-state index contributed by atoms with van der Waals surface area (Å²) >= 11 is 0. The number of para-hydroxylation sites is 1. The minimum absolute atomic E-state index is 0.0504. The molecule has 0 bridgehead atoms. The average Bonchev–Trinajstić information content (AvgIpc) is 2.32. The van der Waals surface area contributed by atoms with Crippen molar-refractivity contribution in [3.63, 3.8) is 0 Å². The van der Waals surface area contributed by atoms with E-state index >= 15 is 0 Å². The SMILES string of the molecule is O=C(O)CC1CNC(=O)N(c2ccccc2F)C1. The van der Waals surface area contributed by atoms with Crippen LogP contribution in [-0.4, -0.2) is 30.2 Å². The van der Waals surface area contributed by atoms with E-state index in [-0.39, 0.29) is 24.6 Å². The summed E-state index contributed by atoms with van der Waals surface area (Å²) in [5, 5.41) is 11.3. The van der Waals surface area contributed by atoms with Gasteiger partial charge in [-0.1, -0.05) is 12.1 Å². The van der Waals surface area contributed by atoms with E-state index < -0.39 is 17.8 Å². The number of anilines is 1. The summed E-state index contributed by atoms with van der Waals surface area (Å²) < 4.78 is 13.6. The highest BCUT2D eigenvalue weighted by molar-refractivity contribution is 5.93. The van der Waals surface area contributed by atoms with E-state index in [1.807, 2.05) is 0 Å². The predicted molar refractivity (Wildman–Crippen MR) is 62.9 cm³/mol. The van der Waals surface area contributed by atoms with Crippen molar-refractivity contribution in [2.45, 2.75) is 6.42 Å². The lowest BCUT2D eigenvalue weighted by Crippen LogP contribution is -2.52. The lowest BCUT2D eigenvalue weighted by molar-refractivity contribution is -0.138. The number of rotatable bonds is 3. The van der Waals surface area contributed by atoms with Crippen LogP contribution < -0.4 is 10.2 Å². The summed E-state index contributed by atoms with van der Waals surface area (Å²) in [6, 6.07) is 5.53. The standard InChI is InChI=1S/C12H13FN2O3/c13-9-3-1-2-4-10(9)15-7-8(5-11(16)17)6-14-12(15)18/h1-4,8H,5-7H2,(H,14,18)(H,16,17). The fourth-order valence-corrected chi connectivity index (χ4v) is 1.99. The zero-order valence-corrected chi connectivity index (χ0v) is 9.60. The van der Waals surface area contributed by atoms with E-state index in [1.54, 1.807) is 6.07 Å². The molecule has 1 fully saturated rings. The third-order valence-electron chi connectivity index (χ3n) is 2.83. The van der Waals surface area contributed by atoms with Crippen molar-refractivity contribution >= 4 is 17.7 Å². The lowest BCUT2D eigenvalue weighted by atomic mass is 10.0. The topological polar surface area (TPSA) is 69.6 Å². The van der Waals surface area contributed by atoms with Crippen LogP contribution in [0.25, 0.3) is 0 Å². The molecule has 5 nitrogen and oxygen atoms in total. The summed E-state index contributed by atoms with van der Waals surface area (Å²) in [6.45, 7) is 0.509. The second-order valence-corrected chi connectivity index (χ2v) is 4.21. The van der Waals surface area contributed by atoms with Crippen molar-refractivity contribution in [3.05, 3.63) is 30.1 Å². The van der Waals surface area contributed by atoms with Gasteiger partial charge in [0, 0.05) is 19.0 Å². The van der Waals surface area contributed by atoms with E-state index in [9.17, 15) is 14.0 Å². The summed E-state index contributed by atoms with van der Waals surface area (Å²) in [4.78, 5) is 23.6. The Kier molecular flexibility index (Phi) is 3.45. The van der Waals surface area contributed by atoms with Crippen molar-refractivity contribution in [1.29, 1.82) is 0 Å². The number of urea groups is 1. The van der Waals surface area contributed by atoms with Gasteiger partial charge in [0.25, 0.3) is 0 Å². The van der Waals surface area contributed by atoms with Crippen LogP contribution in [-0.2, 0) is 4.79 Å². The number of amides is 2. The zero-order chi connectivity index (χ0) is 13.1. The number of aliphatic carboxylic acids is 1. The molecule has 2 N–H and O–H groups in total. The van der Waals surface area contributed by atoms with Gasteiger partial charge in [-0.3, -0.25) is 9.69 Å². The fourth-order valence-electron chi connectivity index (χ4n) is 1.99. The molecule has 1 unspecified atom stereocenters. The number of benzene rings is 1. The summed E-state index contributed by atoms with van der Waals surface area (Å²) in [5.41, 5.74) is 0.171. The van der Waals surface area contributed by atoms with Gasteiger partial charge in [-0.25, -0.2) is 9.18 Å². The first-order valence-electron chi connectivity index (χ1n) is 5.59. The van der Waals surface area contributed by atoms with Gasteiger partial charge in [0.2, 0.25) is 0 Å². The number of hydrogen-bond donors (Lipinski definition) is 2. The largest absolute Gasteiger partial charge is 0.481 e. The van der Waals surface area contributed by atoms with Gasteiger partial charge in [-0.05, 0) is 12.1 Å². The fraction of sp³-hybridized carbons (Fsp3) is 0.333. The van der Waals surface area contributed by atoms with Crippen molar-refractivity contribution in [1.82, 2.24) is 5.32 Å². The maximum Gasteiger partial charge on any atom is 0.321 e. The van der Waals surface area contributed by atoms with E-state index in [4.69, 9.17) is 5.11 Å². The number of hydrogen-bond acceptors (Lipinski definition) is 2. The van der Waals surface area contributed by atoms with Crippen LogP contribution >= 0.6 is 0 Å². The van der Waals surface area contributed by atoms with Crippen LogP contribution in [0.3, 0.4) is 0 Å². The van der Waals surface area contributed by atoms with Crippen molar-refractivity contribution in [2.24, 2.45) is 5.92 Å². The smallest absolute Gasteiger partial charge is 0.321 e. The van der Waals surface area contributed by atoms with E-state index in [1.165, 1.54) is 23.1 Å². The highest BCUT2D eigenvalue weighted by Crippen LogP contribution is 2.22. The zero-order valence-electron chi connectivity index (χ0n) is 9.60. The molecule has 0 radical (unpaired) electrons. The Morgan fingerprint density at radius 2 is 2.22 bits per heavy atom. The Morgan fingerprint density at radius 3 is 2.89 bits per heavy atom. The van der Waals surface area contributed by atoms with Crippen molar-refractivity contribution < 1.29 is 19.1 Å². The van der Waals surface area contributed by atoms with Crippen LogP contribution in [0.15, 0.2) is 24.3 Å². The Morgan fingerprint density at radius 1 is 1.50 bits per heavy atom. The summed E-state index contributed by atoms with van der Waals surface area (Å²) in [5.74, 6) is -1.65. The number of nitrogens with one attached hydrogen (secondary N) is 1. The van der Waals surface area contributed by atoms with Crippen LogP contribution in [0.4, 0.5) is 14.9 Å². The highest BCUT2D eigenvalue weighted by atomic mass is 19.1. The number of carbonyl (C=O) groups excluding carboxylic acids is 1. The molecule has 96 valence electrons. The summed E-state index contributed by atoms with van der Waals surface area (Å²) in [6.07, 6.45) is -0.0504. The Labute approximate surface area is 103 Å². The second-order valence-electron chi connectivity index (χ2n) is 4.21. The first kappa shape index (κ1) is 12.3. The van der Waals surface area contributed by atoms with Crippen LogP contribution in [0.1, 0.15) is 6.42 Å². The van der Waals surface area contributed by atoms with E-state index in [0.717, 1.165) is 0 Å². The molecule has 1 aliphatic rings. The first-order valence-corrected chi connectivity index (χ1v) is 5.59. The van der Waals surface area contributed by atoms with E-state index in [2.05, 4.69) is 5.32 Å². The molecule has 1 atom stereocenters. The molecule has 2 rings (SSSR count). The maximum atomic E-state index is 13.6. The molecule has 0 aromatic heterocycles. The number of carboxylic acids is 1. The quantitative estimate of drug-likeness (QED) is 0.855. The molecule has 6 heteroatoms. The molecule has 0 aliphatic carbocycles. The first-order chi connectivity index (χ1) is 8.58. The molecule has 0 spiro atoms. The molecule has 2 amide bonds. The molecule has 1 heterocycles. The number of carbonyl (C=O) groups is 2. The van der Waals surface area contributed by atoms with Gasteiger partial charge >= 0.3 is 12.0 Å². The minimum Gasteiger partial charge on any atom is -0.481 e. The van der Waals surface area contributed by atoms with Crippen LogP contribution in [0.2, 0.25) is 0 Å². The number of halogens is 1. The third kappa shape index (κ3) is 2.58. The van der Waals surface area contributed by atoms with E-state index in [0.29, 0.717) is 6.54 Å². The van der Waals surface area contributed by atoms with Crippen LogP contribution in [0, 0.1) is 11.7 Å². The van der Waals surface area contributed by atoms with Crippen molar-refractivity contribution in [3.8, 4) is 0 Å². The Bertz CT molecular complexity index is 478. The van der Waals surface area contributed by atoms with Gasteiger partial charge in [-0.2, -0.15) is 0 Å².